The standard InChI is InChI=1S/C21H21ClO7/c1-3-7-26-20-15(22)8-14(10-19(20)25-4-2)21(24)27-11-16(23)13-5-6-17-18(9-13)29-12-28-17/h5-6,8-10H,3-4,7,11-12H2,1-2H3. The van der Waals surface area contributed by atoms with Gasteiger partial charge in [0.2, 0.25) is 6.79 Å². The smallest absolute Gasteiger partial charge is 0.338 e. The fraction of sp³-hybridized carbons (Fsp3) is 0.333. The lowest BCUT2D eigenvalue weighted by Crippen LogP contribution is -2.14. The summed E-state index contributed by atoms with van der Waals surface area (Å²) < 4.78 is 26.8. The van der Waals surface area contributed by atoms with E-state index in [1.54, 1.807) is 18.2 Å². The molecule has 0 aromatic heterocycles. The summed E-state index contributed by atoms with van der Waals surface area (Å²) in [6.07, 6.45) is 0.799. The van der Waals surface area contributed by atoms with Crippen molar-refractivity contribution in [2.45, 2.75) is 20.3 Å². The minimum absolute atomic E-state index is 0.114. The van der Waals surface area contributed by atoms with E-state index in [0.717, 1.165) is 6.42 Å². The zero-order chi connectivity index (χ0) is 20.8. The largest absolute Gasteiger partial charge is 0.490 e. The van der Waals surface area contributed by atoms with E-state index in [1.807, 2.05) is 13.8 Å². The van der Waals surface area contributed by atoms with Gasteiger partial charge in [0, 0.05) is 5.56 Å². The minimum atomic E-state index is -0.691. The normalized spacial score (nSPS) is 11.8. The molecule has 154 valence electrons. The molecule has 2 aromatic rings. The molecule has 0 spiro atoms. The second-order valence-electron chi connectivity index (χ2n) is 6.13. The summed E-state index contributed by atoms with van der Waals surface area (Å²) in [5.41, 5.74) is 0.527. The summed E-state index contributed by atoms with van der Waals surface area (Å²) in [4.78, 5) is 24.8. The fourth-order valence-corrected chi connectivity index (χ4v) is 2.93. The second-order valence-corrected chi connectivity index (χ2v) is 6.54. The molecular formula is C21H21ClO7. The molecule has 1 aliphatic heterocycles. The van der Waals surface area contributed by atoms with Gasteiger partial charge in [-0.1, -0.05) is 18.5 Å². The fourth-order valence-electron chi connectivity index (χ4n) is 2.66. The molecule has 0 bridgehead atoms. The predicted molar refractivity (Wildman–Crippen MR) is 106 cm³/mol. The van der Waals surface area contributed by atoms with Gasteiger partial charge in [0.25, 0.3) is 0 Å². The van der Waals surface area contributed by atoms with Crippen molar-refractivity contribution in [1.29, 1.82) is 0 Å². The number of benzene rings is 2. The molecule has 1 heterocycles. The van der Waals surface area contributed by atoms with Crippen molar-refractivity contribution in [3.05, 3.63) is 46.5 Å². The van der Waals surface area contributed by atoms with E-state index >= 15 is 0 Å². The molecule has 0 atom stereocenters. The molecule has 7 nitrogen and oxygen atoms in total. The highest BCUT2D eigenvalue weighted by atomic mass is 35.5. The van der Waals surface area contributed by atoms with Gasteiger partial charge in [0.1, 0.15) is 0 Å². The number of esters is 1. The first kappa shape index (κ1) is 20.8. The van der Waals surface area contributed by atoms with Crippen LogP contribution in [0.3, 0.4) is 0 Å². The zero-order valence-corrected chi connectivity index (χ0v) is 16.9. The van der Waals surface area contributed by atoms with Crippen molar-refractivity contribution in [2.24, 2.45) is 0 Å². The third kappa shape index (κ3) is 4.92. The van der Waals surface area contributed by atoms with Gasteiger partial charge in [0.15, 0.2) is 35.4 Å². The van der Waals surface area contributed by atoms with Crippen LogP contribution >= 0.6 is 11.6 Å². The molecule has 29 heavy (non-hydrogen) atoms. The van der Waals surface area contributed by atoms with Gasteiger partial charge in [-0.05, 0) is 43.7 Å². The molecule has 0 amide bonds. The number of hydrogen-bond acceptors (Lipinski definition) is 7. The molecule has 3 rings (SSSR count). The monoisotopic (exact) mass is 420 g/mol. The van der Waals surface area contributed by atoms with Crippen molar-refractivity contribution < 1.29 is 33.3 Å². The Kier molecular flexibility index (Phi) is 6.82. The lowest BCUT2D eigenvalue weighted by molar-refractivity contribution is 0.0474. The lowest BCUT2D eigenvalue weighted by atomic mass is 10.1. The molecule has 0 aliphatic carbocycles. The van der Waals surface area contributed by atoms with Crippen LogP contribution in [0.1, 0.15) is 41.0 Å². The first-order valence-corrected chi connectivity index (χ1v) is 9.60. The highest BCUT2D eigenvalue weighted by Gasteiger charge is 2.20. The molecule has 0 unspecified atom stereocenters. The summed E-state index contributed by atoms with van der Waals surface area (Å²) in [5.74, 6) is 0.727. The Bertz CT molecular complexity index is 910. The van der Waals surface area contributed by atoms with E-state index in [1.165, 1.54) is 12.1 Å². The predicted octanol–water partition coefficient (Wildman–Crippen LogP) is 4.30. The van der Waals surface area contributed by atoms with E-state index in [0.29, 0.717) is 41.8 Å². The number of fused-ring (bicyclic) bond motifs is 1. The van der Waals surface area contributed by atoms with E-state index in [-0.39, 0.29) is 23.2 Å². The Morgan fingerprint density at radius 1 is 1.03 bits per heavy atom. The number of ketones is 1. The summed E-state index contributed by atoms with van der Waals surface area (Å²) >= 11 is 6.26. The van der Waals surface area contributed by atoms with Crippen LogP contribution in [0.25, 0.3) is 0 Å². The summed E-state index contributed by atoms with van der Waals surface area (Å²) in [6, 6.07) is 7.72. The van der Waals surface area contributed by atoms with Crippen LogP contribution < -0.4 is 18.9 Å². The molecule has 0 saturated heterocycles. The van der Waals surface area contributed by atoms with Crippen molar-refractivity contribution in [2.75, 3.05) is 26.6 Å². The molecular weight excluding hydrogens is 400 g/mol. The van der Waals surface area contributed by atoms with Gasteiger partial charge >= 0.3 is 5.97 Å². The first-order valence-electron chi connectivity index (χ1n) is 9.22. The number of hydrogen-bond donors (Lipinski definition) is 0. The number of halogens is 1. The molecule has 0 fully saturated rings. The van der Waals surface area contributed by atoms with E-state index < -0.39 is 12.6 Å². The van der Waals surface area contributed by atoms with Gasteiger partial charge in [0.05, 0.1) is 23.8 Å². The van der Waals surface area contributed by atoms with E-state index in [2.05, 4.69) is 0 Å². The van der Waals surface area contributed by atoms with Gasteiger partial charge in [-0.15, -0.1) is 0 Å². The van der Waals surface area contributed by atoms with Crippen LogP contribution in [0, 0.1) is 0 Å². The molecule has 8 heteroatoms. The topological polar surface area (TPSA) is 80.3 Å². The summed E-state index contributed by atoms with van der Waals surface area (Å²) in [5, 5.41) is 0.235. The Morgan fingerprint density at radius 2 is 1.83 bits per heavy atom. The lowest BCUT2D eigenvalue weighted by Gasteiger charge is -2.14. The third-order valence-corrected chi connectivity index (χ3v) is 4.31. The van der Waals surface area contributed by atoms with Crippen molar-refractivity contribution in [3.8, 4) is 23.0 Å². The van der Waals surface area contributed by atoms with Gasteiger partial charge < -0.3 is 23.7 Å². The van der Waals surface area contributed by atoms with Crippen molar-refractivity contribution in [3.63, 3.8) is 0 Å². The average Bonchev–Trinajstić information content (AvgIpc) is 3.19. The Labute approximate surface area is 173 Å². The Morgan fingerprint density at radius 3 is 2.59 bits per heavy atom. The van der Waals surface area contributed by atoms with Crippen molar-refractivity contribution >= 4 is 23.4 Å². The molecule has 0 saturated carbocycles. The highest BCUT2D eigenvalue weighted by Crippen LogP contribution is 2.37. The summed E-state index contributed by atoms with van der Waals surface area (Å²) in [6.45, 7) is 4.31. The maximum absolute atomic E-state index is 12.4. The van der Waals surface area contributed by atoms with Crippen LogP contribution in [-0.4, -0.2) is 38.4 Å². The minimum Gasteiger partial charge on any atom is -0.490 e. The number of carbonyl (C=O) groups excluding carboxylic acids is 2. The second kappa shape index (κ2) is 9.52. The van der Waals surface area contributed by atoms with E-state index in [9.17, 15) is 9.59 Å². The zero-order valence-electron chi connectivity index (χ0n) is 16.2. The van der Waals surface area contributed by atoms with Gasteiger partial charge in [-0.3, -0.25) is 4.79 Å². The quantitative estimate of drug-likeness (QED) is 0.442. The van der Waals surface area contributed by atoms with Crippen LogP contribution in [0.2, 0.25) is 5.02 Å². The summed E-state index contributed by atoms with van der Waals surface area (Å²) in [7, 11) is 0. The number of ether oxygens (including phenoxy) is 5. The Hall–Kier alpha value is -2.93. The van der Waals surface area contributed by atoms with E-state index in [4.69, 9.17) is 35.3 Å². The average molecular weight is 421 g/mol. The maximum atomic E-state index is 12.4. The SMILES string of the molecule is CCCOc1c(Cl)cc(C(=O)OCC(=O)c2ccc3c(c2)OCO3)cc1OCC. The number of carbonyl (C=O) groups is 2. The van der Waals surface area contributed by atoms with Crippen LogP contribution in [0.4, 0.5) is 0 Å². The molecule has 2 aromatic carbocycles. The molecule has 0 N–H and O–H groups in total. The number of rotatable bonds is 9. The number of Topliss-reactive ketones (excluding diaryl/α,β-unsaturated/α-hetero) is 1. The molecule has 1 aliphatic rings. The Balaban J connectivity index is 1.69. The first-order chi connectivity index (χ1) is 14.0. The molecule has 0 radical (unpaired) electrons. The van der Waals surface area contributed by atoms with Gasteiger partial charge in [-0.25, -0.2) is 4.79 Å². The van der Waals surface area contributed by atoms with Crippen molar-refractivity contribution in [1.82, 2.24) is 0 Å². The highest BCUT2D eigenvalue weighted by molar-refractivity contribution is 6.32. The van der Waals surface area contributed by atoms with Crippen LogP contribution in [0.5, 0.6) is 23.0 Å². The third-order valence-electron chi connectivity index (χ3n) is 4.02. The van der Waals surface area contributed by atoms with Crippen LogP contribution in [0.15, 0.2) is 30.3 Å². The van der Waals surface area contributed by atoms with Crippen LogP contribution in [-0.2, 0) is 4.74 Å². The van der Waals surface area contributed by atoms with Gasteiger partial charge in [-0.2, -0.15) is 0 Å². The maximum Gasteiger partial charge on any atom is 0.338 e.